The molecule has 1 nitrogen and oxygen atoms in total. The minimum absolute atomic E-state index is 0.165. The van der Waals surface area contributed by atoms with Gasteiger partial charge in [0, 0.05) is 21.8 Å². The molecule has 0 saturated heterocycles. The molecule has 0 atom stereocenters. The number of thiophene rings is 1. The Hall–Kier alpha value is -1.12. The molecule has 0 aliphatic rings. The van der Waals surface area contributed by atoms with E-state index in [1.807, 2.05) is 11.3 Å². The lowest BCUT2D eigenvalue weighted by Gasteiger charge is -2.26. The molecule has 1 aromatic heterocycles. The molecule has 0 aliphatic heterocycles. The zero-order valence-electron chi connectivity index (χ0n) is 13.0. The smallest absolute Gasteiger partial charge is 0.0221 e. The van der Waals surface area contributed by atoms with Crippen molar-refractivity contribution in [3.05, 3.63) is 57.3 Å². The first-order valence-corrected chi connectivity index (χ1v) is 8.13. The second-order valence-electron chi connectivity index (χ2n) is 6.16. The molecule has 0 unspecified atom stereocenters. The lowest BCUT2D eigenvalue weighted by Crippen LogP contribution is -2.39. The highest BCUT2D eigenvalue weighted by Gasteiger charge is 2.17. The van der Waals surface area contributed by atoms with Gasteiger partial charge in [-0.3, -0.25) is 0 Å². The fraction of sp³-hybridized carbons (Fsp3) is 0.444. The van der Waals surface area contributed by atoms with Crippen LogP contribution in [0.5, 0.6) is 0 Å². The molecule has 1 aromatic carbocycles. The first-order chi connectivity index (χ1) is 9.46. The van der Waals surface area contributed by atoms with Crippen LogP contribution in [0.2, 0.25) is 0 Å². The van der Waals surface area contributed by atoms with Gasteiger partial charge >= 0.3 is 0 Å². The quantitative estimate of drug-likeness (QED) is 0.799. The Kier molecular flexibility index (Phi) is 5.00. The summed E-state index contributed by atoms with van der Waals surface area (Å²) in [6, 6.07) is 13.0. The van der Waals surface area contributed by atoms with Gasteiger partial charge in [-0.05, 0) is 57.7 Å². The van der Waals surface area contributed by atoms with Gasteiger partial charge in [0.2, 0.25) is 0 Å². The van der Waals surface area contributed by atoms with Gasteiger partial charge in [-0.25, -0.2) is 0 Å². The van der Waals surface area contributed by atoms with E-state index in [0.29, 0.717) is 0 Å². The monoisotopic (exact) mass is 287 g/mol. The van der Waals surface area contributed by atoms with E-state index in [-0.39, 0.29) is 5.54 Å². The minimum Gasteiger partial charge on any atom is -0.308 e. The largest absolute Gasteiger partial charge is 0.308 e. The molecule has 0 amide bonds. The summed E-state index contributed by atoms with van der Waals surface area (Å²) in [5, 5.41) is 3.71. The normalized spacial score (nSPS) is 11.8. The van der Waals surface area contributed by atoms with Crippen molar-refractivity contribution >= 4 is 11.3 Å². The Morgan fingerprint density at radius 1 is 1.10 bits per heavy atom. The average molecular weight is 287 g/mol. The number of hydrogen-bond donors (Lipinski definition) is 1. The standard InChI is InChI=1S/C18H25NS/c1-14-12-17(15(2)20-14)13-19-18(3,4)11-10-16-8-6-5-7-9-16/h5-9,12,19H,10-11,13H2,1-4H3. The molecular formula is C18H25NS. The molecule has 0 spiro atoms. The number of nitrogens with one attached hydrogen (secondary N) is 1. The third-order valence-electron chi connectivity index (χ3n) is 3.78. The Bertz CT molecular complexity index is 540. The van der Waals surface area contributed by atoms with Crippen LogP contribution in [0.1, 0.15) is 41.1 Å². The Morgan fingerprint density at radius 2 is 1.80 bits per heavy atom. The summed E-state index contributed by atoms with van der Waals surface area (Å²) in [6.07, 6.45) is 2.28. The Morgan fingerprint density at radius 3 is 2.40 bits per heavy atom. The van der Waals surface area contributed by atoms with Crippen LogP contribution in [0.4, 0.5) is 0 Å². The number of rotatable bonds is 6. The second-order valence-corrected chi connectivity index (χ2v) is 7.62. The van der Waals surface area contributed by atoms with Gasteiger partial charge in [0.15, 0.2) is 0 Å². The number of hydrogen-bond acceptors (Lipinski definition) is 2. The molecule has 2 rings (SSSR count). The maximum Gasteiger partial charge on any atom is 0.0221 e. The van der Waals surface area contributed by atoms with E-state index in [0.717, 1.165) is 19.4 Å². The molecule has 1 N–H and O–H groups in total. The molecule has 0 saturated carbocycles. The molecule has 108 valence electrons. The van der Waals surface area contributed by atoms with Crippen molar-refractivity contribution in [2.75, 3.05) is 0 Å². The predicted octanol–water partition coefficient (Wildman–Crippen LogP) is 4.87. The molecule has 0 bridgehead atoms. The Labute approximate surface area is 127 Å². The lowest BCUT2D eigenvalue weighted by atomic mass is 9.95. The van der Waals surface area contributed by atoms with E-state index in [9.17, 15) is 0 Å². The van der Waals surface area contributed by atoms with Crippen molar-refractivity contribution in [2.45, 2.75) is 52.6 Å². The first kappa shape index (κ1) is 15.3. The number of benzene rings is 1. The van der Waals surface area contributed by atoms with Crippen molar-refractivity contribution in [2.24, 2.45) is 0 Å². The van der Waals surface area contributed by atoms with Crippen molar-refractivity contribution in [3.63, 3.8) is 0 Å². The van der Waals surface area contributed by atoms with Crippen molar-refractivity contribution < 1.29 is 0 Å². The predicted molar refractivity (Wildman–Crippen MR) is 89.5 cm³/mol. The van der Waals surface area contributed by atoms with E-state index in [4.69, 9.17) is 0 Å². The zero-order chi connectivity index (χ0) is 14.6. The second kappa shape index (κ2) is 6.55. The third kappa shape index (κ3) is 4.46. The summed E-state index contributed by atoms with van der Waals surface area (Å²) in [4.78, 5) is 2.84. The zero-order valence-corrected chi connectivity index (χ0v) is 13.8. The van der Waals surface area contributed by atoms with E-state index in [2.05, 4.69) is 69.4 Å². The highest BCUT2D eigenvalue weighted by molar-refractivity contribution is 7.12. The highest BCUT2D eigenvalue weighted by atomic mass is 32.1. The molecule has 1 heterocycles. The Balaban J connectivity index is 1.86. The van der Waals surface area contributed by atoms with Gasteiger partial charge in [0.25, 0.3) is 0 Å². The minimum atomic E-state index is 0.165. The van der Waals surface area contributed by atoms with E-state index >= 15 is 0 Å². The maximum absolute atomic E-state index is 3.71. The summed E-state index contributed by atoms with van der Waals surface area (Å²) < 4.78 is 0. The van der Waals surface area contributed by atoms with Gasteiger partial charge in [0.05, 0.1) is 0 Å². The molecule has 0 aliphatic carbocycles. The summed E-state index contributed by atoms with van der Waals surface area (Å²) in [5.74, 6) is 0. The van der Waals surface area contributed by atoms with Crippen LogP contribution in [-0.4, -0.2) is 5.54 Å². The third-order valence-corrected chi connectivity index (χ3v) is 4.79. The van der Waals surface area contributed by atoms with Crippen molar-refractivity contribution in [1.82, 2.24) is 5.32 Å². The van der Waals surface area contributed by atoms with E-state index in [1.54, 1.807) is 0 Å². The average Bonchev–Trinajstić information content (AvgIpc) is 2.74. The van der Waals surface area contributed by atoms with Crippen LogP contribution >= 0.6 is 11.3 Å². The van der Waals surface area contributed by atoms with Gasteiger partial charge < -0.3 is 5.32 Å². The molecule has 2 heteroatoms. The molecule has 20 heavy (non-hydrogen) atoms. The molecule has 2 aromatic rings. The maximum atomic E-state index is 3.71. The van der Waals surface area contributed by atoms with Crippen LogP contribution in [0, 0.1) is 13.8 Å². The van der Waals surface area contributed by atoms with Gasteiger partial charge in [0.1, 0.15) is 0 Å². The van der Waals surface area contributed by atoms with Crippen molar-refractivity contribution in [1.29, 1.82) is 0 Å². The van der Waals surface area contributed by atoms with Gasteiger partial charge in [-0.1, -0.05) is 30.3 Å². The lowest BCUT2D eigenvalue weighted by molar-refractivity contribution is 0.360. The van der Waals surface area contributed by atoms with Gasteiger partial charge in [-0.2, -0.15) is 0 Å². The van der Waals surface area contributed by atoms with Crippen molar-refractivity contribution in [3.8, 4) is 0 Å². The van der Waals surface area contributed by atoms with Gasteiger partial charge in [-0.15, -0.1) is 11.3 Å². The van der Waals surface area contributed by atoms with E-state index in [1.165, 1.54) is 20.9 Å². The van der Waals surface area contributed by atoms with Crippen LogP contribution in [0.25, 0.3) is 0 Å². The first-order valence-electron chi connectivity index (χ1n) is 7.31. The van der Waals surface area contributed by atoms with E-state index < -0.39 is 0 Å². The van der Waals surface area contributed by atoms with Crippen LogP contribution in [0.3, 0.4) is 0 Å². The molecular weight excluding hydrogens is 262 g/mol. The summed E-state index contributed by atoms with van der Waals surface area (Å²) in [5.41, 5.74) is 3.03. The summed E-state index contributed by atoms with van der Waals surface area (Å²) >= 11 is 1.89. The van der Waals surface area contributed by atoms with Crippen LogP contribution in [-0.2, 0) is 13.0 Å². The fourth-order valence-corrected chi connectivity index (χ4v) is 3.33. The molecule has 0 fully saturated rings. The molecule has 0 radical (unpaired) electrons. The SMILES string of the molecule is Cc1cc(CNC(C)(C)CCc2ccccc2)c(C)s1. The van der Waals surface area contributed by atoms with Crippen LogP contribution in [0.15, 0.2) is 36.4 Å². The van der Waals surface area contributed by atoms with Crippen LogP contribution < -0.4 is 5.32 Å². The fourth-order valence-electron chi connectivity index (χ4n) is 2.38. The summed E-state index contributed by atoms with van der Waals surface area (Å²) in [6.45, 7) is 9.96. The number of aryl methyl sites for hydroxylation is 3. The summed E-state index contributed by atoms with van der Waals surface area (Å²) in [7, 11) is 0. The topological polar surface area (TPSA) is 12.0 Å². The highest BCUT2D eigenvalue weighted by Crippen LogP contribution is 2.22.